The van der Waals surface area contributed by atoms with E-state index in [1.54, 1.807) is 12.3 Å². The molecular formula is C17H17N3O2. The summed E-state index contributed by atoms with van der Waals surface area (Å²) in [6.45, 7) is 3.23. The largest absolute Gasteiger partial charge is 0.460 e. The number of hydrogen-bond acceptors (Lipinski definition) is 4. The van der Waals surface area contributed by atoms with E-state index in [2.05, 4.69) is 21.1 Å². The van der Waals surface area contributed by atoms with Gasteiger partial charge in [0.2, 0.25) is 0 Å². The Morgan fingerprint density at radius 1 is 1.45 bits per heavy atom. The summed E-state index contributed by atoms with van der Waals surface area (Å²) in [4.78, 5) is 19.2. The molecule has 0 unspecified atom stereocenters. The molecule has 3 aliphatic heterocycles. The summed E-state index contributed by atoms with van der Waals surface area (Å²) in [6, 6.07) is 1.98. The van der Waals surface area contributed by atoms with Crippen LogP contribution in [0.3, 0.4) is 0 Å². The van der Waals surface area contributed by atoms with Crippen LogP contribution in [0.5, 0.6) is 0 Å². The Bertz CT molecular complexity index is 766. The van der Waals surface area contributed by atoms with Gasteiger partial charge >= 0.3 is 0 Å². The van der Waals surface area contributed by atoms with Gasteiger partial charge in [-0.2, -0.15) is 0 Å². The second-order valence-corrected chi connectivity index (χ2v) is 6.05. The first-order chi connectivity index (χ1) is 10.8. The van der Waals surface area contributed by atoms with Crippen molar-refractivity contribution in [3.05, 3.63) is 29.8 Å². The zero-order chi connectivity index (χ0) is 15.1. The van der Waals surface area contributed by atoms with Gasteiger partial charge in [-0.3, -0.25) is 4.79 Å². The zero-order valence-electron chi connectivity index (χ0n) is 12.2. The SMILES string of the molecule is C#Cc1coc2c(C(=O)N[C@@H]3CN4CCC3CC4)nccc12. The molecule has 1 amide bonds. The van der Waals surface area contributed by atoms with Crippen LogP contribution in [0.15, 0.2) is 22.9 Å². The van der Waals surface area contributed by atoms with E-state index in [1.807, 2.05) is 0 Å². The Kier molecular flexibility index (Phi) is 3.12. The number of hydrogen-bond donors (Lipinski definition) is 1. The molecule has 0 aliphatic carbocycles. The van der Waals surface area contributed by atoms with Gasteiger partial charge in [-0.15, -0.1) is 6.42 Å². The van der Waals surface area contributed by atoms with Gasteiger partial charge in [0.1, 0.15) is 6.26 Å². The molecule has 5 heteroatoms. The minimum Gasteiger partial charge on any atom is -0.460 e. The number of fused-ring (bicyclic) bond motifs is 4. The molecule has 3 saturated heterocycles. The maximum atomic E-state index is 12.6. The number of pyridine rings is 1. The minimum atomic E-state index is -0.178. The lowest BCUT2D eigenvalue weighted by Gasteiger charge is -2.44. The van der Waals surface area contributed by atoms with Crippen LogP contribution in [0, 0.1) is 18.3 Å². The first-order valence-electron chi connectivity index (χ1n) is 7.62. The van der Waals surface area contributed by atoms with Crippen LogP contribution in [-0.2, 0) is 0 Å². The number of terminal acetylenes is 1. The van der Waals surface area contributed by atoms with Crippen LogP contribution in [0.1, 0.15) is 28.9 Å². The Morgan fingerprint density at radius 3 is 2.95 bits per heavy atom. The predicted molar refractivity (Wildman–Crippen MR) is 82.4 cm³/mol. The Labute approximate surface area is 128 Å². The first kappa shape index (κ1) is 13.4. The van der Waals surface area contributed by atoms with E-state index in [9.17, 15) is 4.79 Å². The van der Waals surface area contributed by atoms with E-state index < -0.39 is 0 Å². The summed E-state index contributed by atoms with van der Waals surface area (Å²) in [7, 11) is 0. The highest BCUT2D eigenvalue weighted by Crippen LogP contribution is 2.28. The number of carbonyl (C=O) groups excluding carboxylic acids is 1. The summed E-state index contributed by atoms with van der Waals surface area (Å²) in [5.41, 5.74) is 1.43. The third-order valence-corrected chi connectivity index (χ3v) is 4.83. The van der Waals surface area contributed by atoms with Crippen molar-refractivity contribution in [3.8, 4) is 12.3 Å². The molecule has 0 aromatic carbocycles. The van der Waals surface area contributed by atoms with Crippen molar-refractivity contribution in [1.29, 1.82) is 0 Å². The van der Waals surface area contributed by atoms with Gasteiger partial charge in [0.05, 0.1) is 5.56 Å². The van der Waals surface area contributed by atoms with Crippen molar-refractivity contribution in [2.45, 2.75) is 18.9 Å². The van der Waals surface area contributed by atoms with Gasteiger partial charge in [0.15, 0.2) is 11.3 Å². The molecule has 1 N–H and O–H groups in total. The second kappa shape index (κ2) is 5.15. The third-order valence-electron chi connectivity index (χ3n) is 4.83. The van der Waals surface area contributed by atoms with Crippen LogP contribution in [-0.4, -0.2) is 41.5 Å². The van der Waals surface area contributed by atoms with Gasteiger partial charge in [-0.25, -0.2) is 4.98 Å². The van der Waals surface area contributed by atoms with E-state index in [0.717, 1.165) is 37.9 Å². The summed E-state index contributed by atoms with van der Waals surface area (Å²) in [5.74, 6) is 2.96. The monoisotopic (exact) mass is 295 g/mol. The molecule has 5 heterocycles. The van der Waals surface area contributed by atoms with Crippen LogP contribution in [0.4, 0.5) is 0 Å². The standard InChI is InChI=1S/C17H17N3O2/c1-2-11-10-22-16-13(11)3-6-18-15(16)17(21)19-14-9-20-7-4-12(14)5-8-20/h1,3,6,10,12,14H,4-5,7-9H2,(H,19,21)/t14-/m1/s1. The smallest absolute Gasteiger partial charge is 0.274 e. The molecule has 5 rings (SSSR count). The fraction of sp³-hybridized carbons (Fsp3) is 0.412. The molecule has 22 heavy (non-hydrogen) atoms. The highest BCUT2D eigenvalue weighted by molar-refractivity contribution is 6.04. The van der Waals surface area contributed by atoms with Gasteiger partial charge in [0, 0.05) is 24.2 Å². The Balaban J connectivity index is 1.61. The maximum absolute atomic E-state index is 12.6. The number of aromatic nitrogens is 1. The molecule has 5 nitrogen and oxygen atoms in total. The Hall–Kier alpha value is -2.32. The molecule has 2 bridgehead atoms. The van der Waals surface area contributed by atoms with Crippen molar-refractivity contribution in [1.82, 2.24) is 15.2 Å². The maximum Gasteiger partial charge on any atom is 0.274 e. The van der Waals surface area contributed by atoms with Gasteiger partial charge in [0.25, 0.3) is 5.91 Å². The lowest BCUT2D eigenvalue weighted by atomic mass is 9.84. The highest BCUT2D eigenvalue weighted by atomic mass is 16.3. The van der Waals surface area contributed by atoms with Crippen LogP contribution < -0.4 is 5.32 Å². The van der Waals surface area contributed by atoms with Crippen molar-refractivity contribution < 1.29 is 9.21 Å². The molecule has 2 aromatic rings. The number of rotatable bonds is 2. The lowest BCUT2D eigenvalue weighted by molar-refractivity contribution is 0.0618. The minimum absolute atomic E-state index is 0.178. The Morgan fingerprint density at radius 2 is 2.27 bits per heavy atom. The van der Waals surface area contributed by atoms with Crippen molar-refractivity contribution in [3.63, 3.8) is 0 Å². The number of piperidine rings is 3. The van der Waals surface area contributed by atoms with E-state index in [-0.39, 0.29) is 11.9 Å². The summed E-state index contributed by atoms with van der Waals surface area (Å²) < 4.78 is 5.47. The summed E-state index contributed by atoms with van der Waals surface area (Å²) in [6.07, 6.45) is 10.9. The van der Waals surface area contributed by atoms with Crippen molar-refractivity contribution >= 4 is 16.9 Å². The van der Waals surface area contributed by atoms with E-state index in [4.69, 9.17) is 10.8 Å². The predicted octanol–water partition coefficient (Wildman–Crippen LogP) is 1.63. The molecule has 3 aliphatic rings. The zero-order valence-corrected chi connectivity index (χ0v) is 12.2. The van der Waals surface area contributed by atoms with Gasteiger partial charge in [-0.05, 0) is 37.9 Å². The van der Waals surface area contributed by atoms with Crippen molar-refractivity contribution in [2.24, 2.45) is 5.92 Å². The fourth-order valence-corrected chi connectivity index (χ4v) is 3.60. The topological polar surface area (TPSA) is 58.4 Å². The molecule has 0 saturated carbocycles. The molecule has 1 atom stereocenters. The molecule has 2 aromatic heterocycles. The van der Waals surface area contributed by atoms with Crippen molar-refractivity contribution in [2.75, 3.05) is 19.6 Å². The number of nitrogens with zero attached hydrogens (tertiary/aromatic N) is 2. The molecular weight excluding hydrogens is 278 g/mol. The number of nitrogens with one attached hydrogen (secondary N) is 1. The number of furan rings is 1. The average Bonchev–Trinajstić information content (AvgIpc) is 2.99. The van der Waals surface area contributed by atoms with E-state index in [1.165, 1.54) is 6.26 Å². The lowest BCUT2D eigenvalue weighted by Crippen LogP contribution is -2.57. The molecule has 112 valence electrons. The quantitative estimate of drug-likeness (QED) is 0.856. The summed E-state index contributed by atoms with van der Waals surface area (Å²) >= 11 is 0. The highest BCUT2D eigenvalue weighted by Gasteiger charge is 2.35. The van der Waals surface area contributed by atoms with Gasteiger partial charge < -0.3 is 14.6 Å². The van der Waals surface area contributed by atoms with Crippen LogP contribution >= 0.6 is 0 Å². The summed E-state index contributed by atoms with van der Waals surface area (Å²) in [5, 5.41) is 3.89. The third kappa shape index (κ3) is 2.08. The molecule has 0 spiro atoms. The average molecular weight is 295 g/mol. The molecule has 3 fully saturated rings. The van der Waals surface area contributed by atoms with E-state index >= 15 is 0 Å². The van der Waals surface area contributed by atoms with E-state index in [0.29, 0.717) is 22.8 Å². The van der Waals surface area contributed by atoms with Gasteiger partial charge in [-0.1, -0.05) is 5.92 Å². The number of amides is 1. The number of carbonyl (C=O) groups is 1. The normalized spacial score (nSPS) is 26.8. The second-order valence-electron chi connectivity index (χ2n) is 6.05. The molecule has 0 radical (unpaired) electrons. The van der Waals surface area contributed by atoms with Crippen LogP contribution in [0.25, 0.3) is 11.0 Å². The first-order valence-corrected chi connectivity index (χ1v) is 7.62. The van der Waals surface area contributed by atoms with Crippen LogP contribution in [0.2, 0.25) is 0 Å². The fourth-order valence-electron chi connectivity index (χ4n) is 3.60.